The van der Waals surface area contributed by atoms with Gasteiger partial charge in [-0.2, -0.15) is 10.2 Å². The zero-order valence-electron chi connectivity index (χ0n) is 18.7. The van der Waals surface area contributed by atoms with E-state index in [1.54, 1.807) is 47.1 Å². The Bertz CT molecular complexity index is 1670. The lowest BCUT2D eigenvalue weighted by atomic mass is 10.1. The lowest BCUT2D eigenvalue weighted by molar-refractivity contribution is 0.0846. The Morgan fingerprint density at radius 3 is 2.40 bits per heavy atom. The van der Waals surface area contributed by atoms with Gasteiger partial charge in [0.2, 0.25) is 0 Å². The molecule has 0 radical (unpaired) electrons. The number of amides is 2. The van der Waals surface area contributed by atoms with Gasteiger partial charge in [0.05, 0.1) is 22.5 Å². The van der Waals surface area contributed by atoms with Crippen LogP contribution >= 0.6 is 11.3 Å². The predicted molar refractivity (Wildman–Crippen MR) is 130 cm³/mol. The van der Waals surface area contributed by atoms with Gasteiger partial charge in [0.1, 0.15) is 10.6 Å². The number of rotatable bonds is 4. The Labute approximate surface area is 201 Å². The van der Waals surface area contributed by atoms with E-state index in [9.17, 15) is 18.8 Å². The quantitative estimate of drug-likeness (QED) is 0.377. The number of carbonyl (C=O) groups is 2. The number of aryl methyl sites for hydroxylation is 2. The average Bonchev–Trinajstić information content (AvgIpc) is 3.42. The number of fused-ring (bicyclic) bond motifs is 2. The smallest absolute Gasteiger partial charge is 0.267 e. The van der Waals surface area contributed by atoms with Crippen molar-refractivity contribution < 1.29 is 14.0 Å². The van der Waals surface area contributed by atoms with E-state index < -0.39 is 11.8 Å². The molecule has 0 fully saturated rings. The molecular formula is C24H19FN6O3S. The molecule has 5 rings (SSSR count). The maximum atomic E-state index is 13.2. The number of nitrogens with one attached hydrogen (secondary N) is 2. The second-order valence-corrected chi connectivity index (χ2v) is 8.96. The third-order valence-electron chi connectivity index (χ3n) is 5.54. The van der Waals surface area contributed by atoms with Crippen LogP contribution in [-0.4, -0.2) is 31.4 Å². The van der Waals surface area contributed by atoms with E-state index in [-0.39, 0.29) is 17.1 Å². The van der Waals surface area contributed by atoms with Crippen LogP contribution in [0.4, 0.5) is 4.39 Å². The predicted octanol–water partition coefficient (Wildman–Crippen LogP) is 2.92. The fraction of sp³-hybridized carbons (Fsp3) is 0.125. The molecule has 3 heterocycles. The van der Waals surface area contributed by atoms with Crippen molar-refractivity contribution in [1.82, 2.24) is 30.4 Å². The van der Waals surface area contributed by atoms with Crippen LogP contribution in [0.1, 0.15) is 31.4 Å². The highest BCUT2D eigenvalue weighted by Gasteiger charge is 2.19. The third-order valence-corrected chi connectivity index (χ3v) is 6.69. The van der Waals surface area contributed by atoms with E-state index in [1.807, 2.05) is 6.92 Å². The molecule has 2 amide bonds. The number of hydrogen-bond acceptors (Lipinski definition) is 6. The standard InChI is InChI=1S/C24H19FN6O3S/c1-13-18-11-19(35-24(18)31(28-13)12-14-7-9-15(25)10-8-14)21(32)26-27-22(33)20-16-5-3-4-6-17(16)23(34)30(2)29-20/h3-11H,12H2,1-2H3,(H,26,32)(H,27,33). The van der Waals surface area contributed by atoms with Crippen LogP contribution in [0.3, 0.4) is 0 Å². The summed E-state index contributed by atoms with van der Waals surface area (Å²) in [7, 11) is 1.46. The molecule has 0 unspecified atom stereocenters. The summed E-state index contributed by atoms with van der Waals surface area (Å²) in [5.41, 5.74) is 6.12. The first-order valence-electron chi connectivity index (χ1n) is 10.6. The SMILES string of the molecule is Cc1nn(Cc2ccc(F)cc2)c2sc(C(=O)NNC(=O)c3nn(C)c(=O)c4ccccc34)cc12. The monoisotopic (exact) mass is 490 g/mol. The molecule has 0 aliphatic carbocycles. The third kappa shape index (κ3) is 4.17. The van der Waals surface area contributed by atoms with E-state index in [4.69, 9.17) is 0 Å². The minimum Gasteiger partial charge on any atom is -0.267 e. The van der Waals surface area contributed by atoms with Crippen LogP contribution in [-0.2, 0) is 13.6 Å². The van der Waals surface area contributed by atoms with Crippen molar-refractivity contribution in [1.29, 1.82) is 0 Å². The van der Waals surface area contributed by atoms with Crippen molar-refractivity contribution in [3.63, 3.8) is 0 Å². The van der Waals surface area contributed by atoms with Gasteiger partial charge in [0.25, 0.3) is 17.4 Å². The van der Waals surface area contributed by atoms with Crippen LogP contribution < -0.4 is 16.4 Å². The molecule has 9 nitrogen and oxygen atoms in total. The number of hydrogen-bond donors (Lipinski definition) is 2. The summed E-state index contributed by atoms with van der Waals surface area (Å²) in [6, 6.07) is 14.5. The number of benzene rings is 2. The fourth-order valence-electron chi connectivity index (χ4n) is 3.80. The lowest BCUT2D eigenvalue weighted by Crippen LogP contribution is -2.42. The van der Waals surface area contributed by atoms with Crippen LogP contribution in [0, 0.1) is 12.7 Å². The van der Waals surface area contributed by atoms with Gasteiger partial charge in [-0.15, -0.1) is 11.3 Å². The van der Waals surface area contributed by atoms with Crippen LogP contribution in [0.2, 0.25) is 0 Å². The lowest BCUT2D eigenvalue weighted by Gasteiger charge is -2.09. The first-order chi connectivity index (χ1) is 16.8. The molecule has 0 aliphatic heterocycles. The molecule has 0 bridgehead atoms. The van der Waals surface area contributed by atoms with Crippen molar-refractivity contribution in [2.75, 3.05) is 0 Å². The zero-order chi connectivity index (χ0) is 24.7. The zero-order valence-corrected chi connectivity index (χ0v) is 19.5. The van der Waals surface area contributed by atoms with Gasteiger partial charge in [-0.1, -0.05) is 30.3 Å². The summed E-state index contributed by atoms with van der Waals surface area (Å²) in [6.07, 6.45) is 0. The number of nitrogens with zero attached hydrogens (tertiary/aromatic N) is 4. The Hall–Kier alpha value is -4.38. The number of halogens is 1. The van der Waals surface area contributed by atoms with Crippen LogP contribution in [0.15, 0.2) is 59.4 Å². The van der Waals surface area contributed by atoms with Crippen molar-refractivity contribution in [2.45, 2.75) is 13.5 Å². The van der Waals surface area contributed by atoms with E-state index in [0.717, 1.165) is 26.2 Å². The van der Waals surface area contributed by atoms with E-state index >= 15 is 0 Å². The Kier molecular flexibility index (Phi) is 5.61. The Balaban J connectivity index is 1.35. The van der Waals surface area contributed by atoms with Crippen molar-refractivity contribution in [3.05, 3.63) is 92.6 Å². The Morgan fingerprint density at radius 2 is 1.66 bits per heavy atom. The molecule has 0 saturated heterocycles. The maximum Gasteiger partial charge on any atom is 0.290 e. The first kappa shape index (κ1) is 22.4. The summed E-state index contributed by atoms with van der Waals surface area (Å²) >= 11 is 1.23. The highest BCUT2D eigenvalue weighted by molar-refractivity contribution is 7.20. The average molecular weight is 491 g/mol. The van der Waals surface area contributed by atoms with Crippen LogP contribution in [0.5, 0.6) is 0 Å². The number of aromatic nitrogens is 4. The topological polar surface area (TPSA) is 111 Å². The highest BCUT2D eigenvalue weighted by Crippen LogP contribution is 2.29. The molecule has 0 saturated carbocycles. The maximum absolute atomic E-state index is 13.2. The summed E-state index contributed by atoms with van der Waals surface area (Å²) in [5, 5.41) is 10.1. The summed E-state index contributed by atoms with van der Waals surface area (Å²) in [6.45, 7) is 2.27. The van der Waals surface area contributed by atoms with Crippen molar-refractivity contribution >= 4 is 44.1 Å². The molecular weight excluding hydrogens is 471 g/mol. The second-order valence-electron chi connectivity index (χ2n) is 7.93. The minimum atomic E-state index is -0.648. The van der Waals surface area contributed by atoms with Gasteiger partial charge in [-0.05, 0) is 36.8 Å². The molecule has 5 aromatic rings. The number of carbonyl (C=O) groups excluding carboxylic acids is 2. The number of thiophene rings is 1. The molecule has 0 aliphatic rings. The van der Waals surface area contributed by atoms with Gasteiger partial charge >= 0.3 is 0 Å². The molecule has 0 atom stereocenters. The molecule has 3 aromatic heterocycles. The van der Waals surface area contributed by atoms with Gasteiger partial charge in [0.15, 0.2) is 5.69 Å². The fourth-order valence-corrected chi connectivity index (χ4v) is 4.85. The normalized spacial score (nSPS) is 11.2. The van der Waals surface area contributed by atoms with Crippen molar-refractivity contribution in [3.8, 4) is 0 Å². The van der Waals surface area contributed by atoms with Gasteiger partial charge in [-0.25, -0.2) is 9.07 Å². The van der Waals surface area contributed by atoms with E-state index in [2.05, 4.69) is 21.0 Å². The van der Waals surface area contributed by atoms with E-state index in [1.165, 1.54) is 30.5 Å². The molecule has 2 aromatic carbocycles. The second kappa shape index (κ2) is 8.76. The van der Waals surface area contributed by atoms with Gasteiger partial charge in [0, 0.05) is 17.8 Å². The number of hydrazine groups is 1. The van der Waals surface area contributed by atoms with E-state index in [0.29, 0.717) is 22.2 Å². The molecule has 35 heavy (non-hydrogen) atoms. The molecule has 2 N–H and O–H groups in total. The van der Waals surface area contributed by atoms with Crippen LogP contribution in [0.25, 0.3) is 21.0 Å². The summed E-state index contributed by atoms with van der Waals surface area (Å²) < 4.78 is 16.1. The minimum absolute atomic E-state index is 0.0186. The van der Waals surface area contributed by atoms with Gasteiger partial charge < -0.3 is 0 Å². The first-order valence-corrected chi connectivity index (χ1v) is 11.4. The van der Waals surface area contributed by atoms with Gasteiger partial charge in [-0.3, -0.25) is 29.9 Å². The summed E-state index contributed by atoms with van der Waals surface area (Å²) in [5.74, 6) is -1.46. The molecule has 11 heteroatoms. The highest BCUT2D eigenvalue weighted by atomic mass is 32.1. The van der Waals surface area contributed by atoms with Crippen molar-refractivity contribution in [2.24, 2.45) is 7.05 Å². The largest absolute Gasteiger partial charge is 0.290 e. The summed E-state index contributed by atoms with van der Waals surface area (Å²) in [4.78, 5) is 39.0. The molecule has 0 spiro atoms. The Morgan fingerprint density at radius 1 is 0.971 bits per heavy atom. The molecule has 176 valence electrons.